The Labute approximate surface area is 157 Å². The van der Waals surface area contributed by atoms with Crippen molar-refractivity contribution in [3.63, 3.8) is 0 Å². The van der Waals surface area contributed by atoms with E-state index in [9.17, 15) is 9.59 Å². The summed E-state index contributed by atoms with van der Waals surface area (Å²) in [7, 11) is 0. The molecule has 1 aliphatic heterocycles. The molecular weight excluding hydrogens is 348 g/mol. The zero-order valence-electron chi connectivity index (χ0n) is 14.7. The Morgan fingerprint density at radius 1 is 1.31 bits per heavy atom. The number of amides is 2. The van der Waals surface area contributed by atoms with Crippen LogP contribution in [0.2, 0.25) is 0 Å². The molecule has 2 amide bonds. The van der Waals surface area contributed by atoms with Crippen LogP contribution >= 0.6 is 11.3 Å². The van der Waals surface area contributed by atoms with Gasteiger partial charge in [-0.15, -0.1) is 11.3 Å². The molecule has 136 valence electrons. The number of carbonyl (C=O) groups is 2. The first-order valence-corrected chi connectivity index (χ1v) is 9.53. The molecule has 1 fully saturated rings. The summed E-state index contributed by atoms with van der Waals surface area (Å²) in [5.74, 6) is -0.612. The van der Waals surface area contributed by atoms with E-state index < -0.39 is 0 Å². The number of thiophene rings is 1. The number of aryl methyl sites for hydroxylation is 1. The molecule has 0 unspecified atom stereocenters. The van der Waals surface area contributed by atoms with Crippen LogP contribution in [0.3, 0.4) is 0 Å². The van der Waals surface area contributed by atoms with E-state index in [1.807, 2.05) is 36.6 Å². The van der Waals surface area contributed by atoms with E-state index >= 15 is 0 Å². The second-order valence-corrected chi connectivity index (χ2v) is 7.22. The van der Waals surface area contributed by atoms with Gasteiger partial charge in [0.05, 0.1) is 6.10 Å². The molecular formula is C20H22N2O3S. The predicted octanol–water partition coefficient (Wildman–Crippen LogP) is 3.12. The summed E-state index contributed by atoms with van der Waals surface area (Å²) in [5.41, 5.74) is 1.75. The molecule has 0 aliphatic carbocycles. The summed E-state index contributed by atoms with van der Waals surface area (Å²) < 4.78 is 5.53. The Morgan fingerprint density at radius 2 is 2.19 bits per heavy atom. The fourth-order valence-electron chi connectivity index (χ4n) is 2.76. The minimum Gasteiger partial charge on any atom is -0.376 e. The molecule has 0 spiro atoms. The van der Waals surface area contributed by atoms with Crippen molar-refractivity contribution >= 4 is 29.2 Å². The lowest BCUT2D eigenvalue weighted by Crippen LogP contribution is -2.38. The quantitative estimate of drug-likeness (QED) is 0.768. The fraction of sp³-hybridized carbons (Fsp3) is 0.300. The third-order valence-electron chi connectivity index (χ3n) is 4.12. The smallest absolute Gasteiger partial charge is 0.267 e. The highest BCUT2D eigenvalue weighted by molar-refractivity contribution is 7.10. The Hall–Kier alpha value is -2.44. The lowest BCUT2D eigenvalue weighted by molar-refractivity contribution is -0.118. The predicted molar refractivity (Wildman–Crippen MR) is 103 cm³/mol. The average molecular weight is 370 g/mol. The lowest BCUT2D eigenvalue weighted by Gasteiger charge is -2.14. The first kappa shape index (κ1) is 18.4. The van der Waals surface area contributed by atoms with Crippen LogP contribution in [-0.4, -0.2) is 31.1 Å². The fourth-order valence-corrected chi connectivity index (χ4v) is 3.42. The zero-order chi connectivity index (χ0) is 18.4. The highest BCUT2D eigenvalue weighted by atomic mass is 32.1. The van der Waals surface area contributed by atoms with E-state index in [0.29, 0.717) is 12.1 Å². The Kier molecular flexibility index (Phi) is 6.20. The number of hydrogen-bond acceptors (Lipinski definition) is 4. The maximum Gasteiger partial charge on any atom is 0.267 e. The Bertz CT molecular complexity index is 793. The van der Waals surface area contributed by atoms with E-state index in [1.54, 1.807) is 18.2 Å². The average Bonchev–Trinajstić information content (AvgIpc) is 3.33. The molecule has 1 aromatic carbocycles. The molecule has 26 heavy (non-hydrogen) atoms. The van der Waals surface area contributed by atoms with Gasteiger partial charge in [0.15, 0.2) is 0 Å². The summed E-state index contributed by atoms with van der Waals surface area (Å²) in [6.07, 6.45) is 3.71. The Morgan fingerprint density at radius 3 is 2.88 bits per heavy atom. The molecule has 2 N–H and O–H groups in total. The number of ether oxygens (including phenoxy) is 1. The maximum absolute atomic E-state index is 12.6. The molecule has 0 radical (unpaired) electrons. The van der Waals surface area contributed by atoms with Crippen LogP contribution in [0.4, 0.5) is 0 Å². The van der Waals surface area contributed by atoms with Gasteiger partial charge in [-0.3, -0.25) is 9.59 Å². The van der Waals surface area contributed by atoms with Gasteiger partial charge in [0.2, 0.25) is 0 Å². The van der Waals surface area contributed by atoms with E-state index in [4.69, 9.17) is 4.74 Å². The van der Waals surface area contributed by atoms with Crippen molar-refractivity contribution in [3.8, 4) is 0 Å². The molecule has 3 rings (SSSR count). The molecule has 2 heterocycles. The van der Waals surface area contributed by atoms with Gasteiger partial charge in [-0.25, -0.2) is 0 Å². The van der Waals surface area contributed by atoms with Crippen molar-refractivity contribution in [3.05, 3.63) is 63.5 Å². The van der Waals surface area contributed by atoms with E-state index in [-0.39, 0.29) is 23.6 Å². The van der Waals surface area contributed by atoms with Crippen molar-refractivity contribution in [1.82, 2.24) is 10.6 Å². The Balaban J connectivity index is 1.72. The van der Waals surface area contributed by atoms with Gasteiger partial charge >= 0.3 is 0 Å². The molecule has 1 saturated heterocycles. The maximum atomic E-state index is 12.6. The SMILES string of the molecule is Cc1cccc(C(=O)N/C(=C\c2cccs2)C(=O)NC[C@@H]2CCCO2)c1. The molecule has 6 heteroatoms. The first-order chi connectivity index (χ1) is 12.6. The van der Waals surface area contributed by atoms with Crippen LogP contribution < -0.4 is 10.6 Å². The lowest BCUT2D eigenvalue weighted by atomic mass is 10.1. The van der Waals surface area contributed by atoms with Gasteiger partial charge in [-0.2, -0.15) is 0 Å². The molecule has 0 bridgehead atoms. The van der Waals surface area contributed by atoms with Crippen LogP contribution in [0, 0.1) is 6.92 Å². The monoisotopic (exact) mass is 370 g/mol. The van der Waals surface area contributed by atoms with Gasteiger partial charge in [-0.1, -0.05) is 23.8 Å². The van der Waals surface area contributed by atoms with Crippen LogP contribution in [0.5, 0.6) is 0 Å². The van der Waals surface area contributed by atoms with E-state index in [0.717, 1.165) is 29.9 Å². The topological polar surface area (TPSA) is 67.4 Å². The number of rotatable bonds is 6. The summed E-state index contributed by atoms with van der Waals surface area (Å²) in [6.45, 7) is 3.11. The van der Waals surface area contributed by atoms with Gasteiger partial charge in [0, 0.05) is 23.6 Å². The largest absolute Gasteiger partial charge is 0.376 e. The van der Waals surface area contributed by atoms with E-state index in [1.165, 1.54) is 11.3 Å². The van der Waals surface area contributed by atoms with Crippen LogP contribution in [0.15, 0.2) is 47.5 Å². The van der Waals surface area contributed by atoms with Crippen LogP contribution in [-0.2, 0) is 9.53 Å². The van der Waals surface area contributed by atoms with Crippen molar-refractivity contribution in [1.29, 1.82) is 0 Å². The normalized spacial score (nSPS) is 17.1. The van der Waals surface area contributed by atoms with Crippen molar-refractivity contribution in [2.75, 3.05) is 13.2 Å². The number of nitrogens with one attached hydrogen (secondary N) is 2. The summed E-state index contributed by atoms with van der Waals surface area (Å²) in [5, 5.41) is 7.54. The van der Waals surface area contributed by atoms with Crippen LogP contribution in [0.25, 0.3) is 6.08 Å². The first-order valence-electron chi connectivity index (χ1n) is 8.65. The van der Waals surface area contributed by atoms with Crippen molar-refractivity contribution in [2.24, 2.45) is 0 Å². The summed E-state index contributed by atoms with van der Waals surface area (Å²) in [6, 6.07) is 11.1. The second kappa shape index (κ2) is 8.78. The molecule has 0 saturated carbocycles. The molecule has 1 aromatic heterocycles. The minimum absolute atomic E-state index is 0.0504. The third kappa shape index (κ3) is 5.03. The molecule has 1 atom stereocenters. The third-order valence-corrected chi connectivity index (χ3v) is 4.94. The summed E-state index contributed by atoms with van der Waals surface area (Å²) in [4.78, 5) is 26.1. The van der Waals surface area contributed by atoms with Crippen molar-refractivity contribution < 1.29 is 14.3 Å². The highest BCUT2D eigenvalue weighted by Crippen LogP contribution is 2.14. The number of hydrogen-bond donors (Lipinski definition) is 2. The standard InChI is InChI=1S/C20H22N2O3S/c1-14-5-2-6-15(11-14)19(23)22-18(12-17-8-4-10-26-17)20(24)21-13-16-7-3-9-25-16/h2,4-6,8,10-12,16H,3,7,9,13H2,1H3,(H,21,24)(H,22,23)/b18-12-/t16-/m0/s1. The molecule has 1 aliphatic rings. The van der Waals surface area contributed by atoms with Crippen molar-refractivity contribution in [2.45, 2.75) is 25.9 Å². The zero-order valence-corrected chi connectivity index (χ0v) is 15.5. The molecule has 5 nitrogen and oxygen atoms in total. The minimum atomic E-state index is -0.310. The van der Waals surface area contributed by atoms with Gasteiger partial charge in [0.1, 0.15) is 5.70 Å². The molecule has 2 aromatic rings. The highest BCUT2D eigenvalue weighted by Gasteiger charge is 2.19. The number of carbonyl (C=O) groups excluding carboxylic acids is 2. The number of benzene rings is 1. The van der Waals surface area contributed by atoms with Gasteiger partial charge < -0.3 is 15.4 Å². The summed E-state index contributed by atoms with van der Waals surface area (Å²) >= 11 is 1.51. The van der Waals surface area contributed by atoms with E-state index in [2.05, 4.69) is 10.6 Å². The van der Waals surface area contributed by atoms with Gasteiger partial charge in [0.25, 0.3) is 11.8 Å². The van der Waals surface area contributed by atoms with Crippen LogP contribution in [0.1, 0.15) is 33.6 Å². The van der Waals surface area contributed by atoms with Gasteiger partial charge in [-0.05, 0) is 49.4 Å². The second-order valence-electron chi connectivity index (χ2n) is 6.24.